The lowest BCUT2D eigenvalue weighted by Gasteiger charge is -2.21. The van der Waals surface area contributed by atoms with Gasteiger partial charge in [0.25, 0.3) is 5.91 Å². The van der Waals surface area contributed by atoms with Crippen LogP contribution in [0.15, 0.2) is 68.4 Å². The van der Waals surface area contributed by atoms with Crippen molar-refractivity contribution in [3.63, 3.8) is 0 Å². The molecule has 0 radical (unpaired) electrons. The molecule has 2 fully saturated rings. The van der Waals surface area contributed by atoms with Crippen molar-refractivity contribution < 1.29 is 4.79 Å². The summed E-state index contributed by atoms with van der Waals surface area (Å²) in [6.45, 7) is 2.62. The number of nitrogens with zero attached hydrogens (tertiary/aromatic N) is 3. The lowest BCUT2D eigenvalue weighted by atomic mass is 9.84. The van der Waals surface area contributed by atoms with Gasteiger partial charge in [-0.1, -0.05) is 55.3 Å². The highest BCUT2D eigenvalue weighted by molar-refractivity contribution is 8.19. The monoisotopic (exact) mass is 449 g/mol. The number of amidine groups is 1. The van der Waals surface area contributed by atoms with Crippen molar-refractivity contribution in [2.75, 3.05) is 18.5 Å². The van der Waals surface area contributed by atoms with Gasteiger partial charge in [0, 0.05) is 18.5 Å². The number of carbonyl (C=O) groups excluding carboxylic acids is 1. The predicted octanol–water partition coefficient (Wildman–Crippen LogP) is 6.73. The molecule has 2 aromatic carbocycles. The van der Waals surface area contributed by atoms with Gasteiger partial charge >= 0.3 is 0 Å². The first kappa shape index (κ1) is 20.7. The molecule has 2 aliphatic heterocycles. The Bertz CT molecular complexity index is 1050. The van der Waals surface area contributed by atoms with Crippen molar-refractivity contribution in [3.8, 4) is 0 Å². The average molecular weight is 450 g/mol. The van der Waals surface area contributed by atoms with Gasteiger partial charge in [-0.25, -0.2) is 4.99 Å². The van der Waals surface area contributed by atoms with E-state index in [4.69, 9.17) is 4.99 Å². The van der Waals surface area contributed by atoms with E-state index in [1.807, 2.05) is 26.1 Å². The molecule has 1 saturated heterocycles. The second-order valence-corrected chi connectivity index (χ2v) is 10.2. The lowest BCUT2D eigenvalue weighted by Crippen LogP contribution is -2.29. The largest absolute Gasteiger partial charge is 0.337 e. The number of fused-ring (bicyclic) bond motifs is 1. The molecule has 1 saturated carbocycles. The number of hydrogen-bond acceptors (Lipinski definition) is 5. The molecule has 5 rings (SSSR count). The van der Waals surface area contributed by atoms with Crippen LogP contribution < -0.4 is 4.90 Å². The highest BCUT2D eigenvalue weighted by Gasteiger charge is 2.38. The number of likely N-dealkylation sites (N-methyl/N-ethyl adjacent to an activating group) is 1. The highest BCUT2D eigenvalue weighted by Crippen LogP contribution is 2.50. The third-order valence-corrected chi connectivity index (χ3v) is 8.74. The molecule has 1 amide bonds. The minimum Gasteiger partial charge on any atom is -0.337 e. The second kappa shape index (κ2) is 8.75. The molecule has 1 aliphatic carbocycles. The Balaban J connectivity index is 1.41. The van der Waals surface area contributed by atoms with Crippen LogP contribution in [0, 0.1) is 0 Å². The Morgan fingerprint density at radius 3 is 2.45 bits per heavy atom. The van der Waals surface area contributed by atoms with E-state index in [1.165, 1.54) is 54.3 Å². The third kappa shape index (κ3) is 3.92. The van der Waals surface area contributed by atoms with E-state index in [1.54, 1.807) is 16.7 Å². The molecule has 3 aliphatic rings. The third-order valence-electron chi connectivity index (χ3n) is 6.31. The molecule has 0 bridgehead atoms. The van der Waals surface area contributed by atoms with Crippen LogP contribution in [-0.2, 0) is 4.79 Å². The summed E-state index contributed by atoms with van der Waals surface area (Å²) in [5.41, 5.74) is 3.49. The molecule has 31 heavy (non-hydrogen) atoms. The van der Waals surface area contributed by atoms with E-state index in [0.717, 1.165) is 26.5 Å². The predicted molar refractivity (Wildman–Crippen MR) is 132 cm³/mol. The smallest absolute Gasteiger partial charge is 0.269 e. The average Bonchev–Trinajstić information content (AvgIpc) is 3.31. The zero-order valence-electron chi connectivity index (χ0n) is 18.0. The van der Waals surface area contributed by atoms with Gasteiger partial charge in [0.1, 0.15) is 4.91 Å². The number of carbonyl (C=O) groups is 1. The Morgan fingerprint density at radius 2 is 1.74 bits per heavy atom. The minimum absolute atomic E-state index is 0.0484. The number of benzene rings is 2. The summed E-state index contributed by atoms with van der Waals surface area (Å²) in [6.07, 6.45) is 6.65. The summed E-state index contributed by atoms with van der Waals surface area (Å²) >= 11 is 3.16. The fraction of sp³-hybridized carbons (Fsp3) is 0.360. The molecule has 0 aromatic heterocycles. The van der Waals surface area contributed by atoms with E-state index < -0.39 is 0 Å². The Kier molecular flexibility index (Phi) is 5.85. The molecule has 0 atom stereocenters. The minimum atomic E-state index is 0.0484. The van der Waals surface area contributed by atoms with Crippen LogP contribution >= 0.6 is 23.5 Å². The molecule has 6 heteroatoms. The van der Waals surface area contributed by atoms with Crippen LogP contribution in [0.2, 0.25) is 0 Å². The first-order valence-corrected chi connectivity index (χ1v) is 12.7. The fourth-order valence-electron chi connectivity index (χ4n) is 4.57. The number of aliphatic imine (C=N–C) groups is 1. The quantitative estimate of drug-likeness (QED) is 0.487. The van der Waals surface area contributed by atoms with E-state index in [0.29, 0.717) is 12.5 Å². The Hall–Kier alpha value is -2.18. The summed E-state index contributed by atoms with van der Waals surface area (Å²) in [6, 6.07) is 16.9. The molecular formula is C25H27N3OS2. The van der Waals surface area contributed by atoms with E-state index in [-0.39, 0.29) is 5.91 Å². The molecule has 0 spiro atoms. The van der Waals surface area contributed by atoms with Gasteiger partial charge < -0.3 is 4.90 Å². The number of thioether (sulfide) groups is 2. The molecule has 0 N–H and O–H groups in total. The highest BCUT2D eigenvalue weighted by atomic mass is 32.2. The first-order chi connectivity index (χ1) is 15.2. The van der Waals surface area contributed by atoms with Crippen LogP contribution in [0.5, 0.6) is 0 Å². The van der Waals surface area contributed by atoms with Crippen LogP contribution in [-0.4, -0.2) is 29.6 Å². The lowest BCUT2D eigenvalue weighted by molar-refractivity contribution is -0.122. The van der Waals surface area contributed by atoms with Gasteiger partial charge in [-0.2, -0.15) is 0 Å². The maximum absolute atomic E-state index is 13.2. The topological polar surface area (TPSA) is 35.9 Å². The van der Waals surface area contributed by atoms with E-state index >= 15 is 0 Å². The van der Waals surface area contributed by atoms with Gasteiger partial charge in [0.15, 0.2) is 5.17 Å². The maximum Gasteiger partial charge on any atom is 0.269 e. The van der Waals surface area contributed by atoms with Gasteiger partial charge in [0.05, 0.1) is 16.4 Å². The molecule has 160 valence electrons. The standard InChI is InChI=1S/C25H27N3OS2/c1-3-28-23(29)22(24-27(2)20-11-7-8-12-21(20)30-24)31-25(28)26-19-15-13-18(14-16-19)17-9-5-4-6-10-17/h7-8,11-17H,3-6,9-10H2,1-2H3/b24-22-,26-25?. The Labute approximate surface area is 192 Å². The SMILES string of the molecule is CCN1C(=O)/C(=C2/Sc3ccccc3N2C)SC1=Nc1ccc(C2CCCCC2)cc1. The van der Waals surface area contributed by atoms with Gasteiger partial charge in [-0.15, -0.1) is 0 Å². The molecule has 4 nitrogen and oxygen atoms in total. The maximum atomic E-state index is 13.2. The number of hydrogen-bond donors (Lipinski definition) is 0. The number of amides is 1. The first-order valence-electron chi connectivity index (χ1n) is 11.1. The van der Waals surface area contributed by atoms with Crippen LogP contribution in [0.25, 0.3) is 0 Å². The summed E-state index contributed by atoms with van der Waals surface area (Å²) in [5, 5.41) is 1.76. The molecule has 0 unspecified atom stereocenters. The number of rotatable bonds is 3. The molecular weight excluding hydrogens is 422 g/mol. The summed E-state index contributed by atoms with van der Waals surface area (Å²) in [7, 11) is 2.03. The van der Waals surface area contributed by atoms with Crippen LogP contribution in [0.1, 0.15) is 50.5 Å². The van der Waals surface area contributed by atoms with Crippen molar-refractivity contribution in [2.45, 2.75) is 49.8 Å². The van der Waals surface area contributed by atoms with Crippen molar-refractivity contribution in [2.24, 2.45) is 4.99 Å². The second-order valence-electron chi connectivity index (χ2n) is 8.24. The zero-order chi connectivity index (χ0) is 21.4. The van der Waals surface area contributed by atoms with Gasteiger partial charge in [-0.05, 0) is 67.3 Å². The summed E-state index contributed by atoms with van der Waals surface area (Å²) < 4.78 is 0. The van der Waals surface area contributed by atoms with Crippen molar-refractivity contribution >= 4 is 46.0 Å². The zero-order valence-corrected chi connectivity index (χ0v) is 19.6. The van der Waals surface area contributed by atoms with Gasteiger partial charge in [0.2, 0.25) is 0 Å². The summed E-state index contributed by atoms with van der Waals surface area (Å²) in [4.78, 5) is 23.9. The van der Waals surface area contributed by atoms with Crippen LogP contribution in [0.3, 0.4) is 0 Å². The number of para-hydroxylation sites is 1. The van der Waals surface area contributed by atoms with Crippen molar-refractivity contribution in [1.29, 1.82) is 0 Å². The molecule has 2 aromatic rings. The summed E-state index contributed by atoms with van der Waals surface area (Å²) in [5.74, 6) is 0.741. The Morgan fingerprint density at radius 1 is 1.00 bits per heavy atom. The van der Waals surface area contributed by atoms with Gasteiger partial charge in [-0.3, -0.25) is 9.69 Å². The van der Waals surface area contributed by atoms with E-state index in [9.17, 15) is 4.79 Å². The molecule has 2 heterocycles. The van der Waals surface area contributed by atoms with Crippen molar-refractivity contribution in [1.82, 2.24) is 4.90 Å². The van der Waals surface area contributed by atoms with Crippen LogP contribution in [0.4, 0.5) is 11.4 Å². The fourth-order valence-corrected chi connectivity index (χ4v) is 6.97. The van der Waals surface area contributed by atoms with Crippen molar-refractivity contribution in [3.05, 3.63) is 64.0 Å². The number of anilines is 1. The normalized spacial score (nSPS) is 23.2. The van der Waals surface area contributed by atoms with E-state index in [2.05, 4.69) is 41.3 Å².